The van der Waals surface area contributed by atoms with Crippen molar-refractivity contribution in [2.75, 3.05) is 0 Å². The van der Waals surface area contributed by atoms with E-state index < -0.39 is 0 Å². The SMILES string of the molecule is Cc1sccc1-c1nc2c3ccccc3ncn2n1. The summed E-state index contributed by atoms with van der Waals surface area (Å²) in [6.07, 6.45) is 1.72. The van der Waals surface area contributed by atoms with Gasteiger partial charge in [-0.2, -0.15) is 0 Å². The second kappa shape index (κ2) is 3.86. The number of benzene rings is 1. The van der Waals surface area contributed by atoms with E-state index in [9.17, 15) is 0 Å². The third kappa shape index (κ3) is 1.55. The van der Waals surface area contributed by atoms with Gasteiger partial charge >= 0.3 is 0 Å². The number of aryl methyl sites for hydroxylation is 1. The zero-order valence-corrected chi connectivity index (χ0v) is 11.1. The van der Waals surface area contributed by atoms with Crippen LogP contribution < -0.4 is 0 Å². The number of para-hydroxylation sites is 1. The monoisotopic (exact) mass is 266 g/mol. The summed E-state index contributed by atoms with van der Waals surface area (Å²) in [5.74, 6) is 0.761. The molecule has 0 amide bonds. The van der Waals surface area contributed by atoms with Crippen LogP contribution >= 0.6 is 11.3 Å². The fourth-order valence-corrected chi connectivity index (χ4v) is 2.91. The van der Waals surface area contributed by atoms with Crippen LogP contribution in [0.15, 0.2) is 42.0 Å². The Bertz CT molecular complexity index is 891. The van der Waals surface area contributed by atoms with E-state index in [2.05, 4.69) is 33.4 Å². The quantitative estimate of drug-likeness (QED) is 0.531. The van der Waals surface area contributed by atoms with Crippen LogP contribution in [0.25, 0.3) is 27.9 Å². The molecule has 0 fully saturated rings. The third-order valence-electron chi connectivity index (χ3n) is 3.18. The number of hydrogen-bond donors (Lipinski definition) is 0. The summed E-state index contributed by atoms with van der Waals surface area (Å²) in [4.78, 5) is 10.3. The van der Waals surface area contributed by atoms with Gasteiger partial charge < -0.3 is 0 Å². The summed E-state index contributed by atoms with van der Waals surface area (Å²) < 4.78 is 1.74. The van der Waals surface area contributed by atoms with E-state index in [4.69, 9.17) is 0 Å². The molecule has 0 radical (unpaired) electrons. The lowest BCUT2D eigenvalue weighted by Crippen LogP contribution is -1.90. The Hall–Kier alpha value is -2.27. The number of aromatic nitrogens is 4. The maximum absolute atomic E-state index is 4.66. The fraction of sp³-hybridized carbons (Fsp3) is 0.0714. The topological polar surface area (TPSA) is 43.1 Å². The Kier molecular flexibility index (Phi) is 2.16. The van der Waals surface area contributed by atoms with Gasteiger partial charge in [-0.15, -0.1) is 16.4 Å². The van der Waals surface area contributed by atoms with Gasteiger partial charge in [0, 0.05) is 15.8 Å². The normalized spacial score (nSPS) is 11.4. The van der Waals surface area contributed by atoms with Crippen LogP contribution in [0.1, 0.15) is 4.88 Å². The van der Waals surface area contributed by atoms with Gasteiger partial charge in [-0.1, -0.05) is 12.1 Å². The lowest BCUT2D eigenvalue weighted by molar-refractivity contribution is 0.938. The largest absolute Gasteiger partial charge is 0.236 e. The molecule has 0 bridgehead atoms. The minimum Gasteiger partial charge on any atom is -0.236 e. The van der Waals surface area contributed by atoms with E-state index in [1.807, 2.05) is 24.3 Å². The van der Waals surface area contributed by atoms with Crippen LogP contribution in [0.3, 0.4) is 0 Å². The highest BCUT2D eigenvalue weighted by Crippen LogP contribution is 2.26. The highest BCUT2D eigenvalue weighted by Gasteiger charge is 2.11. The van der Waals surface area contributed by atoms with Gasteiger partial charge in [0.1, 0.15) is 6.33 Å². The summed E-state index contributed by atoms with van der Waals surface area (Å²) in [5, 5.41) is 7.60. The van der Waals surface area contributed by atoms with E-state index >= 15 is 0 Å². The van der Waals surface area contributed by atoms with Crippen LogP contribution in [0.2, 0.25) is 0 Å². The zero-order chi connectivity index (χ0) is 12.8. The predicted octanol–water partition coefficient (Wildman–Crippen LogP) is 3.31. The molecule has 4 nitrogen and oxygen atoms in total. The van der Waals surface area contributed by atoms with E-state index in [1.54, 1.807) is 22.2 Å². The number of nitrogens with zero attached hydrogens (tertiary/aromatic N) is 4. The van der Waals surface area contributed by atoms with Gasteiger partial charge in [-0.3, -0.25) is 0 Å². The van der Waals surface area contributed by atoms with Gasteiger partial charge in [-0.25, -0.2) is 14.5 Å². The smallest absolute Gasteiger partial charge is 0.183 e. The molecule has 0 aliphatic carbocycles. The molecule has 3 aromatic heterocycles. The molecule has 19 heavy (non-hydrogen) atoms. The Morgan fingerprint density at radius 2 is 2.05 bits per heavy atom. The molecule has 0 N–H and O–H groups in total. The van der Waals surface area contributed by atoms with Crippen LogP contribution in [0.4, 0.5) is 0 Å². The summed E-state index contributed by atoms with van der Waals surface area (Å²) >= 11 is 1.71. The maximum atomic E-state index is 4.66. The van der Waals surface area contributed by atoms with Crippen molar-refractivity contribution in [3.05, 3.63) is 46.9 Å². The van der Waals surface area contributed by atoms with Crippen molar-refractivity contribution in [2.24, 2.45) is 0 Å². The third-order valence-corrected chi connectivity index (χ3v) is 4.03. The number of fused-ring (bicyclic) bond motifs is 3. The fourth-order valence-electron chi connectivity index (χ4n) is 2.21. The molecule has 92 valence electrons. The average molecular weight is 266 g/mol. The lowest BCUT2D eigenvalue weighted by Gasteiger charge is -1.96. The van der Waals surface area contributed by atoms with E-state index in [-0.39, 0.29) is 0 Å². The molecule has 0 unspecified atom stereocenters. The lowest BCUT2D eigenvalue weighted by atomic mass is 10.2. The van der Waals surface area contributed by atoms with Crippen LogP contribution in [0, 0.1) is 6.92 Å². The van der Waals surface area contributed by atoms with Gasteiger partial charge in [0.15, 0.2) is 11.5 Å². The van der Waals surface area contributed by atoms with Gasteiger partial charge in [0.05, 0.1) is 5.52 Å². The van der Waals surface area contributed by atoms with E-state index in [1.165, 1.54) is 4.88 Å². The Morgan fingerprint density at radius 1 is 1.16 bits per heavy atom. The first-order valence-electron chi connectivity index (χ1n) is 5.97. The first kappa shape index (κ1) is 10.6. The van der Waals surface area contributed by atoms with E-state index in [0.717, 1.165) is 27.9 Å². The first-order chi connectivity index (χ1) is 9.33. The molecule has 0 aliphatic heterocycles. The summed E-state index contributed by atoms with van der Waals surface area (Å²) in [6, 6.07) is 10.0. The molecule has 5 heteroatoms. The molecule has 0 aliphatic rings. The van der Waals surface area contributed by atoms with Crippen LogP contribution in [0.5, 0.6) is 0 Å². The molecule has 0 saturated carbocycles. The summed E-state index contributed by atoms with van der Waals surface area (Å²) in [6.45, 7) is 2.09. The van der Waals surface area contributed by atoms with Crippen molar-refractivity contribution in [2.45, 2.75) is 6.92 Å². The Balaban J connectivity index is 2.06. The minimum absolute atomic E-state index is 0.761. The molecule has 0 atom stereocenters. The standard InChI is InChI=1S/C14H10N4S/c1-9-10(6-7-19-9)13-16-14-11-4-2-3-5-12(11)15-8-18(14)17-13/h2-8H,1H3. The van der Waals surface area contributed by atoms with Gasteiger partial charge in [-0.05, 0) is 30.5 Å². The Labute approximate surface area is 113 Å². The first-order valence-corrected chi connectivity index (χ1v) is 6.85. The summed E-state index contributed by atoms with van der Waals surface area (Å²) in [7, 11) is 0. The second-order valence-corrected chi connectivity index (χ2v) is 5.48. The minimum atomic E-state index is 0.761. The molecular weight excluding hydrogens is 256 g/mol. The van der Waals surface area contributed by atoms with Crippen molar-refractivity contribution >= 4 is 27.9 Å². The molecule has 0 spiro atoms. The van der Waals surface area contributed by atoms with E-state index in [0.29, 0.717) is 0 Å². The van der Waals surface area contributed by atoms with Crippen LogP contribution in [-0.4, -0.2) is 19.6 Å². The van der Waals surface area contributed by atoms with Crippen molar-refractivity contribution in [1.29, 1.82) is 0 Å². The Morgan fingerprint density at radius 3 is 2.89 bits per heavy atom. The van der Waals surface area contributed by atoms with Crippen molar-refractivity contribution in [3.63, 3.8) is 0 Å². The van der Waals surface area contributed by atoms with Crippen molar-refractivity contribution in [1.82, 2.24) is 19.6 Å². The molecule has 4 aromatic rings. The highest BCUT2D eigenvalue weighted by atomic mass is 32.1. The molecule has 0 saturated heterocycles. The molecule has 3 heterocycles. The number of rotatable bonds is 1. The second-order valence-electron chi connectivity index (χ2n) is 4.36. The zero-order valence-electron chi connectivity index (χ0n) is 10.2. The molecule has 4 rings (SSSR count). The summed E-state index contributed by atoms with van der Waals surface area (Å²) in [5.41, 5.74) is 2.89. The average Bonchev–Trinajstić information content (AvgIpc) is 3.04. The molecule has 1 aromatic carbocycles. The van der Waals surface area contributed by atoms with Crippen molar-refractivity contribution in [3.8, 4) is 11.4 Å². The van der Waals surface area contributed by atoms with Gasteiger partial charge in [0.25, 0.3) is 0 Å². The van der Waals surface area contributed by atoms with Crippen molar-refractivity contribution < 1.29 is 0 Å². The highest BCUT2D eigenvalue weighted by molar-refractivity contribution is 7.10. The van der Waals surface area contributed by atoms with Gasteiger partial charge in [0.2, 0.25) is 0 Å². The number of hydrogen-bond acceptors (Lipinski definition) is 4. The molecular formula is C14H10N4S. The number of thiophene rings is 1. The maximum Gasteiger partial charge on any atom is 0.183 e. The predicted molar refractivity (Wildman–Crippen MR) is 76.3 cm³/mol. The van der Waals surface area contributed by atoms with Crippen LogP contribution in [-0.2, 0) is 0 Å².